The van der Waals surface area contributed by atoms with Crippen molar-refractivity contribution in [1.29, 1.82) is 0 Å². The van der Waals surface area contributed by atoms with E-state index >= 15 is 0 Å². The number of hydrogen-bond donors (Lipinski definition) is 2. The van der Waals surface area contributed by atoms with Crippen LogP contribution in [0.3, 0.4) is 0 Å². The predicted molar refractivity (Wildman–Crippen MR) is 113 cm³/mol. The second kappa shape index (κ2) is 7.11. The number of nitrogens with zero attached hydrogens (tertiary/aromatic N) is 4. The summed E-state index contributed by atoms with van der Waals surface area (Å²) in [6, 6.07) is 8.36. The van der Waals surface area contributed by atoms with Crippen LogP contribution in [0, 0.1) is 12.3 Å². The van der Waals surface area contributed by atoms with Crippen LogP contribution in [0.4, 0.5) is 11.6 Å². The molecule has 6 heteroatoms. The minimum absolute atomic E-state index is 0.457. The summed E-state index contributed by atoms with van der Waals surface area (Å²) in [6.45, 7) is 9.50. The molecule has 2 aromatic heterocycles. The number of nitrogens with one attached hydrogen (secondary N) is 2. The monoisotopic (exact) mass is 374 g/mol. The van der Waals surface area contributed by atoms with Gasteiger partial charge in [0, 0.05) is 37.2 Å². The Kier molecular flexibility index (Phi) is 4.63. The molecule has 28 heavy (non-hydrogen) atoms. The van der Waals surface area contributed by atoms with Gasteiger partial charge in [0.15, 0.2) is 0 Å². The van der Waals surface area contributed by atoms with Crippen molar-refractivity contribution in [2.75, 3.05) is 11.9 Å². The molecule has 1 aliphatic carbocycles. The summed E-state index contributed by atoms with van der Waals surface area (Å²) in [6.07, 6.45) is 8.08. The van der Waals surface area contributed by atoms with Crippen LogP contribution < -0.4 is 10.6 Å². The fourth-order valence-electron chi connectivity index (χ4n) is 3.05. The quantitative estimate of drug-likeness (QED) is 0.646. The second-order valence-corrected chi connectivity index (χ2v) is 7.97. The van der Waals surface area contributed by atoms with Crippen molar-refractivity contribution in [3.8, 4) is 11.3 Å². The first-order chi connectivity index (χ1) is 13.4. The zero-order valence-electron chi connectivity index (χ0n) is 16.7. The number of benzene rings is 1. The van der Waals surface area contributed by atoms with Gasteiger partial charge >= 0.3 is 0 Å². The summed E-state index contributed by atoms with van der Waals surface area (Å²) in [5.74, 6) is 0.557. The van der Waals surface area contributed by atoms with Crippen LogP contribution in [-0.4, -0.2) is 26.3 Å². The van der Waals surface area contributed by atoms with E-state index in [0.717, 1.165) is 40.3 Å². The molecule has 1 saturated carbocycles. The third-order valence-electron chi connectivity index (χ3n) is 5.27. The van der Waals surface area contributed by atoms with E-state index in [9.17, 15) is 0 Å². The van der Waals surface area contributed by atoms with Gasteiger partial charge in [0.05, 0.1) is 17.6 Å². The molecule has 1 aromatic carbocycles. The third-order valence-corrected chi connectivity index (χ3v) is 5.27. The first-order valence-electron chi connectivity index (χ1n) is 9.55. The van der Waals surface area contributed by atoms with Crippen molar-refractivity contribution in [3.63, 3.8) is 0 Å². The van der Waals surface area contributed by atoms with Crippen LogP contribution in [0.25, 0.3) is 17.0 Å². The largest absolute Gasteiger partial charge is 0.384 e. The molecule has 0 atom stereocenters. The maximum atomic E-state index is 4.70. The Morgan fingerprint density at radius 1 is 1.21 bits per heavy atom. The molecular formula is C22H26N6. The zero-order valence-corrected chi connectivity index (χ0v) is 16.7. The molecule has 0 radical (unpaired) electrons. The lowest BCUT2D eigenvalue weighted by atomic mass is 10.0. The van der Waals surface area contributed by atoms with Crippen molar-refractivity contribution in [2.24, 2.45) is 12.5 Å². The summed E-state index contributed by atoms with van der Waals surface area (Å²) in [5, 5.41) is 10.8. The van der Waals surface area contributed by atoms with Crippen molar-refractivity contribution >= 4 is 17.3 Å². The van der Waals surface area contributed by atoms with Crippen LogP contribution in [0.2, 0.25) is 0 Å². The van der Waals surface area contributed by atoms with E-state index in [1.54, 1.807) is 10.9 Å². The molecule has 0 bridgehead atoms. The normalized spacial score (nSPS) is 14.5. The Balaban J connectivity index is 1.50. The lowest BCUT2D eigenvalue weighted by molar-refractivity contribution is 0.550. The average molecular weight is 374 g/mol. The highest BCUT2D eigenvalue weighted by atomic mass is 15.3. The van der Waals surface area contributed by atoms with Gasteiger partial charge in [-0.2, -0.15) is 5.10 Å². The first-order valence-corrected chi connectivity index (χ1v) is 9.55. The molecule has 1 fully saturated rings. The van der Waals surface area contributed by atoms with E-state index in [1.807, 2.05) is 26.4 Å². The molecule has 3 aromatic rings. The van der Waals surface area contributed by atoms with Crippen LogP contribution in [-0.2, 0) is 7.05 Å². The summed E-state index contributed by atoms with van der Waals surface area (Å²) in [7, 11) is 1.88. The minimum atomic E-state index is 0.457. The van der Waals surface area contributed by atoms with Crippen molar-refractivity contribution in [1.82, 2.24) is 25.1 Å². The van der Waals surface area contributed by atoms with Gasteiger partial charge < -0.3 is 10.6 Å². The van der Waals surface area contributed by atoms with Gasteiger partial charge in [0.2, 0.25) is 5.95 Å². The standard InChI is InChI=1S/C22H26N6/c1-15-11-23-21(26-19-12-25-28(4)13-19)27-20(15)18-7-5-17(6-8-18)16(2)24-14-22(3)9-10-22/h5-8,11-13,24H,2,9-10,14H2,1,3-4H3,(H,23,26,27). The fraction of sp³-hybridized carbons (Fsp3) is 0.318. The molecular weight excluding hydrogens is 348 g/mol. The molecule has 2 heterocycles. The number of anilines is 2. The van der Waals surface area contributed by atoms with Gasteiger partial charge in [0.25, 0.3) is 0 Å². The molecule has 0 saturated heterocycles. The number of rotatable bonds is 7. The highest BCUT2D eigenvalue weighted by Gasteiger charge is 2.36. The summed E-state index contributed by atoms with van der Waals surface area (Å²) >= 11 is 0. The summed E-state index contributed by atoms with van der Waals surface area (Å²) in [4.78, 5) is 9.09. The molecule has 0 unspecified atom stereocenters. The molecule has 144 valence electrons. The highest BCUT2D eigenvalue weighted by molar-refractivity contribution is 5.69. The van der Waals surface area contributed by atoms with Crippen LogP contribution in [0.1, 0.15) is 30.9 Å². The maximum absolute atomic E-state index is 4.70. The maximum Gasteiger partial charge on any atom is 0.227 e. The molecule has 0 spiro atoms. The first kappa shape index (κ1) is 18.2. The van der Waals surface area contributed by atoms with Gasteiger partial charge in [-0.3, -0.25) is 4.68 Å². The SMILES string of the molecule is C=C(NCC1(C)CC1)c1ccc(-c2nc(Nc3cnn(C)c3)ncc2C)cc1. The summed E-state index contributed by atoms with van der Waals surface area (Å²) < 4.78 is 1.74. The van der Waals surface area contributed by atoms with E-state index in [-0.39, 0.29) is 0 Å². The lowest BCUT2D eigenvalue weighted by Crippen LogP contribution is -2.20. The van der Waals surface area contributed by atoms with Gasteiger partial charge in [0.1, 0.15) is 0 Å². The van der Waals surface area contributed by atoms with Gasteiger partial charge in [-0.15, -0.1) is 0 Å². The lowest BCUT2D eigenvalue weighted by Gasteiger charge is -2.14. The van der Waals surface area contributed by atoms with E-state index in [2.05, 4.69) is 58.5 Å². The summed E-state index contributed by atoms with van der Waals surface area (Å²) in [5.41, 5.74) is 6.39. The Morgan fingerprint density at radius 2 is 1.96 bits per heavy atom. The topological polar surface area (TPSA) is 67.7 Å². The van der Waals surface area contributed by atoms with Crippen molar-refractivity contribution < 1.29 is 0 Å². The second-order valence-electron chi connectivity index (χ2n) is 7.97. The van der Waals surface area contributed by atoms with E-state index in [4.69, 9.17) is 4.98 Å². The van der Waals surface area contributed by atoms with Crippen LogP contribution in [0.15, 0.2) is 49.4 Å². The Hall–Kier alpha value is -3.15. The number of aryl methyl sites for hydroxylation is 2. The van der Waals surface area contributed by atoms with E-state index in [0.29, 0.717) is 11.4 Å². The van der Waals surface area contributed by atoms with Crippen LogP contribution in [0.5, 0.6) is 0 Å². The van der Waals surface area contributed by atoms with E-state index in [1.165, 1.54) is 12.8 Å². The zero-order chi connectivity index (χ0) is 19.7. The van der Waals surface area contributed by atoms with Gasteiger partial charge in [-0.1, -0.05) is 37.8 Å². The Morgan fingerprint density at radius 3 is 2.61 bits per heavy atom. The smallest absolute Gasteiger partial charge is 0.227 e. The molecule has 0 amide bonds. The average Bonchev–Trinajstić information content (AvgIpc) is 3.29. The molecule has 0 aliphatic heterocycles. The van der Waals surface area contributed by atoms with Crippen molar-refractivity contribution in [3.05, 3.63) is 60.6 Å². The van der Waals surface area contributed by atoms with Crippen molar-refractivity contribution in [2.45, 2.75) is 26.7 Å². The van der Waals surface area contributed by atoms with Crippen LogP contribution >= 0.6 is 0 Å². The van der Waals surface area contributed by atoms with E-state index < -0.39 is 0 Å². The minimum Gasteiger partial charge on any atom is -0.384 e. The number of aromatic nitrogens is 4. The predicted octanol–water partition coefficient (Wildman–Crippen LogP) is 4.29. The van der Waals surface area contributed by atoms with Gasteiger partial charge in [-0.05, 0) is 36.3 Å². The molecule has 6 nitrogen and oxygen atoms in total. The fourth-order valence-corrected chi connectivity index (χ4v) is 3.05. The number of hydrogen-bond acceptors (Lipinski definition) is 5. The molecule has 2 N–H and O–H groups in total. The Labute approximate surface area is 165 Å². The van der Waals surface area contributed by atoms with Gasteiger partial charge in [-0.25, -0.2) is 9.97 Å². The Bertz CT molecular complexity index is 998. The third kappa shape index (κ3) is 4.06. The highest BCUT2D eigenvalue weighted by Crippen LogP contribution is 2.44. The molecule has 1 aliphatic rings. The molecule has 4 rings (SSSR count).